The Balaban J connectivity index is 2.42. The maximum absolute atomic E-state index is 8.87. The van der Waals surface area contributed by atoms with E-state index < -0.39 is 5.54 Å². The van der Waals surface area contributed by atoms with Crippen molar-refractivity contribution in [3.63, 3.8) is 0 Å². The second-order valence-corrected chi connectivity index (χ2v) is 5.40. The van der Waals surface area contributed by atoms with E-state index in [-0.39, 0.29) is 0 Å². The van der Waals surface area contributed by atoms with Gasteiger partial charge in [0.2, 0.25) is 0 Å². The van der Waals surface area contributed by atoms with Gasteiger partial charge in [0.15, 0.2) is 0 Å². The fraction of sp³-hybridized carbons (Fsp3) is 0.562. The van der Waals surface area contributed by atoms with Crippen LogP contribution in [-0.4, -0.2) is 18.6 Å². The Kier molecular flexibility index (Phi) is 5.85. The van der Waals surface area contributed by atoms with Crippen LogP contribution in [0.2, 0.25) is 0 Å². The molecule has 0 aliphatic carbocycles. The lowest BCUT2D eigenvalue weighted by Crippen LogP contribution is -2.34. The van der Waals surface area contributed by atoms with Gasteiger partial charge in [0.05, 0.1) is 6.07 Å². The molecule has 0 bridgehead atoms. The highest BCUT2D eigenvalue weighted by atomic mass is 15.1. The smallest absolute Gasteiger partial charge is 0.101 e. The predicted molar refractivity (Wildman–Crippen MR) is 81.1 cm³/mol. The second kappa shape index (κ2) is 7.16. The minimum absolute atomic E-state index is 0.680. The SMILES string of the molecule is CCN(CCCCC(C)(N)C#N)c1ccc(C)cc1. The van der Waals surface area contributed by atoms with Gasteiger partial charge >= 0.3 is 0 Å². The normalized spacial score (nSPS) is 13.6. The van der Waals surface area contributed by atoms with Crippen molar-refractivity contribution in [1.82, 2.24) is 0 Å². The van der Waals surface area contributed by atoms with Gasteiger partial charge in [-0.3, -0.25) is 0 Å². The highest BCUT2D eigenvalue weighted by Crippen LogP contribution is 2.16. The molecule has 0 heterocycles. The number of unbranched alkanes of at least 4 members (excludes halogenated alkanes) is 1. The zero-order valence-electron chi connectivity index (χ0n) is 12.3. The molecule has 1 aromatic rings. The monoisotopic (exact) mass is 259 g/mol. The Morgan fingerprint density at radius 3 is 2.42 bits per heavy atom. The summed E-state index contributed by atoms with van der Waals surface area (Å²) in [4.78, 5) is 2.36. The van der Waals surface area contributed by atoms with Gasteiger partial charge in [0, 0.05) is 18.8 Å². The van der Waals surface area contributed by atoms with Crippen LogP contribution in [-0.2, 0) is 0 Å². The molecule has 2 N–H and O–H groups in total. The first-order valence-electron chi connectivity index (χ1n) is 7.00. The quantitative estimate of drug-likeness (QED) is 0.765. The summed E-state index contributed by atoms with van der Waals surface area (Å²) in [5, 5.41) is 8.87. The predicted octanol–water partition coefficient (Wildman–Crippen LogP) is 3.23. The molecule has 104 valence electrons. The van der Waals surface area contributed by atoms with E-state index in [9.17, 15) is 0 Å². The number of aryl methyl sites for hydroxylation is 1. The molecule has 0 aromatic heterocycles. The summed E-state index contributed by atoms with van der Waals surface area (Å²) >= 11 is 0. The molecule has 19 heavy (non-hydrogen) atoms. The Morgan fingerprint density at radius 2 is 1.89 bits per heavy atom. The first-order valence-corrected chi connectivity index (χ1v) is 7.00. The number of nitrogens with two attached hydrogens (primary N) is 1. The third-order valence-electron chi connectivity index (χ3n) is 3.41. The van der Waals surface area contributed by atoms with Crippen molar-refractivity contribution in [2.45, 2.75) is 45.6 Å². The van der Waals surface area contributed by atoms with Crippen LogP contribution >= 0.6 is 0 Å². The maximum atomic E-state index is 8.87. The number of hydrogen-bond donors (Lipinski definition) is 1. The van der Waals surface area contributed by atoms with Crippen LogP contribution in [0.4, 0.5) is 5.69 Å². The molecule has 0 spiro atoms. The van der Waals surface area contributed by atoms with Crippen LogP contribution < -0.4 is 10.6 Å². The third kappa shape index (κ3) is 5.32. The van der Waals surface area contributed by atoms with Gasteiger partial charge in [0.25, 0.3) is 0 Å². The Bertz CT molecular complexity index is 415. The highest BCUT2D eigenvalue weighted by Gasteiger charge is 2.16. The van der Waals surface area contributed by atoms with Crippen molar-refractivity contribution in [2.75, 3.05) is 18.0 Å². The molecule has 0 aliphatic rings. The molecule has 1 rings (SSSR count). The van der Waals surface area contributed by atoms with Gasteiger partial charge in [-0.25, -0.2) is 0 Å². The number of benzene rings is 1. The summed E-state index contributed by atoms with van der Waals surface area (Å²) in [6.45, 7) is 8.08. The number of anilines is 1. The largest absolute Gasteiger partial charge is 0.372 e. The zero-order valence-corrected chi connectivity index (χ0v) is 12.3. The zero-order chi connectivity index (χ0) is 14.3. The van der Waals surface area contributed by atoms with E-state index in [4.69, 9.17) is 11.0 Å². The molecule has 0 fully saturated rings. The molecule has 0 saturated carbocycles. The van der Waals surface area contributed by atoms with Gasteiger partial charge < -0.3 is 10.6 Å². The van der Waals surface area contributed by atoms with Gasteiger partial charge in [-0.2, -0.15) is 5.26 Å². The lowest BCUT2D eigenvalue weighted by molar-refractivity contribution is 0.507. The highest BCUT2D eigenvalue weighted by molar-refractivity contribution is 5.47. The molecular weight excluding hydrogens is 234 g/mol. The van der Waals surface area contributed by atoms with Crippen LogP contribution in [0.5, 0.6) is 0 Å². The van der Waals surface area contributed by atoms with Crippen LogP contribution in [0.15, 0.2) is 24.3 Å². The van der Waals surface area contributed by atoms with E-state index >= 15 is 0 Å². The average Bonchev–Trinajstić information content (AvgIpc) is 2.40. The number of hydrogen-bond acceptors (Lipinski definition) is 3. The standard InChI is InChI=1S/C16H25N3/c1-4-19(15-9-7-14(2)8-10-15)12-6-5-11-16(3,18)13-17/h7-10H,4-6,11-12,18H2,1-3H3. The van der Waals surface area contributed by atoms with Gasteiger partial charge in [-0.05, 0) is 52.2 Å². The molecule has 1 aromatic carbocycles. The van der Waals surface area contributed by atoms with Crippen molar-refractivity contribution in [3.05, 3.63) is 29.8 Å². The Labute approximate surface area is 117 Å². The second-order valence-electron chi connectivity index (χ2n) is 5.40. The summed E-state index contributed by atoms with van der Waals surface area (Å²) < 4.78 is 0. The van der Waals surface area contributed by atoms with E-state index in [0.29, 0.717) is 0 Å². The van der Waals surface area contributed by atoms with E-state index in [1.807, 2.05) is 0 Å². The average molecular weight is 259 g/mol. The maximum Gasteiger partial charge on any atom is 0.101 e. The number of nitriles is 1. The van der Waals surface area contributed by atoms with Crippen LogP contribution in [0.3, 0.4) is 0 Å². The van der Waals surface area contributed by atoms with Crippen LogP contribution in [0.25, 0.3) is 0 Å². The molecule has 1 unspecified atom stereocenters. The van der Waals surface area contributed by atoms with Gasteiger partial charge in [0.1, 0.15) is 5.54 Å². The van der Waals surface area contributed by atoms with Crippen LogP contribution in [0.1, 0.15) is 38.7 Å². The molecule has 3 nitrogen and oxygen atoms in total. The molecular formula is C16H25N3. The first-order chi connectivity index (χ1) is 8.98. The summed E-state index contributed by atoms with van der Waals surface area (Å²) in [7, 11) is 0. The molecule has 0 radical (unpaired) electrons. The summed E-state index contributed by atoms with van der Waals surface area (Å²) in [5.41, 5.74) is 7.69. The molecule has 0 amide bonds. The minimum atomic E-state index is -0.680. The van der Waals surface area contributed by atoms with Gasteiger partial charge in [-0.1, -0.05) is 17.7 Å². The van der Waals surface area contributed by atoms with E-state index in [1.54, 1.807) is 6.92 Å². The fourth-order valence-electron chi connectivity index (χ4n) is 2.08. The number of nitrogens with zero attached hydrogens (tertiary/aromatic N) is 2. The summed E-state index contributed by atoms with van der Waals surface area (Å²) in [6, 6.07) is 10.8. The third-order valence-corrected chi connectivity index (χ3v) is 3.41. The summed E-state index contributed by atoms with van der Waals surface area (Å²) in [5.74, 6) is 0. The lowest BCUT2D eigenvalue weighted by Gasteiger charge is -2.24. The van der Waals surface area contributed by atoms with E-state index in [1.165, 1.54) is 11.3 Å². The lowest BCUT2D eigenvalue weighted by atomic mass is 9.98. The van der Waals surface area contributed by atoms with Crippen molar-refractivity contribution in [2.24, 2.45) is 5.73 Å². The fourth-order valence-corrected chi connectivity index (χ4v) is 2.08. The summed E-state index contributed by atoms with van der Waals surface area (Å²) in [6.07, 6.45) is 2.81. The topological polar surface area (TPSA) is 53.0 Å². The van der Waals surface area contributed by atoms with Crippen molar-refractivity contribution in [3.8, 4) is 6.07 Å². The number of rotatable bonds is 7. The molecule has 0 saturated heterocycles. The van der Waals surface area contributed by atoms with Crippen molar-refractivity contribution in [1.29, 1.82) is 5.26 Å². The van der Waals surface area contributed by atoms with Crippen LogP contribution in [0, 0.1) is 18.3 Å². The molecule has 1 atom stereocenters. The Morgan fingerprint density at radius 1 is 1.26 bits per heavy atom. The van der Waals surface area contributed by atoms with E-state index in [0.717, 1.165) is 32.4 Å². The Hall–Kier alpha value is -1.53. The minimum Gasteiger partial charge on any atom is -0.372 e. The molecule has 0 aliphatic heterocycles. The van der Waals surface area contributed by atoms with E-state index in [2.05, 4.69) is 49.1 Å². The van der Waals surface area contributed by atoms with Crippen molar-refractivity contribution < 1.29 is 0 Å². The van der Waals surface area contributed by atoms with Crippen molar-refractivity contribution >= 4 is 5.69 Å². The first kappa shape index (κ1) is 15.5. The van der Waals surface area contributed by atoms with Gasteiger partial charge in [-0.15, -0.1) is 0 Å². The molecule has 3 heteroatoms.